The van der Waals surface area contributed by atoms with Crippen LogP contribution in [0.1, 0.15) is 49.9 Å². The van der Waals surface area contributed by atoms with Crippen LogP contribution in [-0.2, 0) is 10.8 Å². The lowest BCUT2D eigenvalue weighted by Gasteiger charge is -2.36. The first kappa shape index (κ1) is 22.1. The smallest absolute Gasteiger partial charge is 0.0582 e. The lowest BCUT2D eigenvalue weighted by molar-refractivity contribution is 0.625. The predicted octanol–water partition coefficient (Wildman–Crippen LogP) is 10.6. The summed E-state index contributed by atoms with van der Waals surface area (Å²) in [5.74, 6) is 0. The van der Waals surface area contributed by atoms with Crippen molar-refractivity contribution < 1.29 is 0 Å². The highest BCUT2D eigenvalue weighted by Gasteiger charge is 2.42. The third kappa shape index (κ3) is 2.39. The molecule has 0 amide bonds. The molecule has 10 rings (SSSR count). The molecule has 2 aliphatic rings. The molecule has 2 heterocycles. The van der Waals surface area contributed by atoms with Crippen LogP contribution in [0.4, 0.5) is 0 Å². The maximum Gasteiger partial charge on any atom is 0.0582 e. The molecule has 0 radical (unpaired) electrons. The van der Waals surface area contributed by atoms with Gasteiger partial charge in [0, 0.05) is 21.6 Å². The van der Waals surface area contributed by atoms with E-state index < -0.39 is 0 Å². The van der Waals surface area contributed by atoms with Crippen molar-refractivity contribution in [2.45, 2.75) is 38.5 Å². The molecule has 0 saturated carbocycles. The first-order valence-electron chi connectivity index (χ1n) is 14.8. The molecule has 0 N–H and O–H groups in total. The van der Waals surface area contributed by atoms with Crippen molar-refractivity contribution in [2.75, 3.05) is 0 Å². The van der Waals surface area contributed by atoms with Crippen LogP contribution in [0.5, 0.6) is 0 Å². The number of rotatable bonds is 0. The normalized spacial score (nSPS) is 16.2. The highest BCUT2D eigenvalue weighted by molar-refractivity contribution is 6.26. The van der Waals surface area contributed by atoms with Crippen molar-refractivity contribution in [3.8, 4) is 16.8 Å². The molecule has 1 aromatic heterocycles. The van der Waals surface area contributed by atoms with E-state index in [0.717, 1.165) is 0 Å². The molecule has 1 heteroatoms. The molecular formula is C40H29N. The second-order valence-electron chi connectivity index (χ2n) is 13.4. The summed E-state index contributed by atoms with van der Waals surface area (Å²) in [4.78, 5) is 0. The molecule has 0 fully saturated rings. The fraction of sp³-hybridized carbons (Fsp3) is 0.150. The van der Waals surface area contributed by atoms with Gasteiger partial charge in [-0.15, -0.1) is 0 Å². The maximum absolute atomic E-state index is 2.56. The first-order chi connectivity index (χ1) is 19.9. The summed E-state index contributed by atoms with van der Waals surface area (Å²) in [6.07, 6.45) is 0. The van der Waals surface area contributed by atoms with E-state index in [1.807, 2.05) is 0 Å². The highest BCUT2D eigenvalue weighted by atomic mass is 15.0. The Morgan fingerprint density at radius 2 is 1.20 bits per heavy atom. The van der Waals surface area contributed by atoms with Gasteiger partial charge in [0.1, 0.15) is 0 Å². The van der Waals surface area contributed by atoms with Gasteiger partial charge < -0.3 is 4.57 Å². The van der Waals surface area contributed by atoms with Gasteiger partial charge >= 0.3 is 0 Å². The molecule has 0 saturated heterocycles. The van der Waals surface area contributed by atoms with E-state index in [-0.39, 0.29) is 10.8 Å². The monoisotopic (exact) mass is 523 g/mol. The van der Waals surface area contributed by atoms with Crippen molar-refractivity contribution in [2.24, 2.45) is 0 Å². The number of hydrogen-bond acceptors (Lipinski definition) is 0. The minimum atomic E-state index is -0.120. The minimum Gasteiger partial charge on any atom is -0.309 e. The predicted molar refractivity (Wildman–Crippen MR) is 174 cm³/mol. The van der Waals surface area contributed by atoms with E-state index in [4.69, 9.17) is 0 Å². The van der Waals surface area contributed by atoms with E-state index in [2.05, 4.69) is 135 Å². The Hall–Kier alpha value is -4.62. The van der Waals surface area contributed by atoms with Crippen LogP contribution in [0.15, 0.2) is 103 Å². The van der Waals surface area contributed by atoms with Crippen molar-refractivity contribution in [3.05, 3.63) is 125 Å². The average Bonchev–Trinajstić information content (AvgIpc) is 3.43. The zero-order chi connectivity index (χ0) is 27.4. The van der Waals surface area contributed by atoms with Gasteiger partial charge in [0.15, 0.2) is 0 Å². The van der Waals surface area contributed by atoms with Crippen LogP contribution in [0.25, 0.3) is 70.9 Å². The zero-order valence-corrected chi connectivity index (χ0v) is 23.8. The lowest BCUT2D eigenvalue weighted by atomic mass is 9.73. The van der Waals surface area contributed by atoms with Gasteiger partial charge in [-0.2, -0.15) is 0 Å². The largest absolute Gasteiger partial charge is 0.309 e. The molecular weight excluding hydrogens is 494 g/mol. The van der Waals surface area contributed by atoms with E-state index in [1.165, 1.54) is 93.2 Å². The van der Waals surface area contributed by atoms with E-state index >= 15 is 0 Å². The van der Waals surface area contributed by atoms with Crippen LogP contribution < -0.4 is 0 Å². The molecule has 0 spiro atoms. The second-order valence-corrected chi connectivity index (χ2v) is 13.4. The molecule has 0 atom stereocenters. The molecule has 1 aliphatic carbocycles. The van der Waals surface area contributed by atoms with E-state index in [9.17, 15) is 0 Å². The van der Waals surface area contributed by atoms with Crippen LogP contribution in [0.2, 0.25) is 0 Å². The van der Waals surface area contributed by atoms with Gasteiger partial charge in [-0.1, -0.05) is 107 Å². The number of hydrogen-bond donors (Lipinski definition) is 0. The Morgan fingerprint density at radius 3 is 2.05 bits per heavy atom. The summed E-state index contributed by atoms with van der Waals surface area (Å²) in [6, 6.07) is 39.4. The number of aromatic nitrogens is 1. The number of benzene rings is 7. The average molecular weight is 524 g/mol. The quantitative estimate of drug-likeness (QED) is 0.174. The third-order valence-electron chi connectivity index (χ3n) is 10.7. The molecule has 8 aromatic rings. The van der Waals surface area contributed by atoms with Crippen molar-refractivity contribution in [1.29, 1.82) is 0 Å². The van der Waals surface area contributed by atoms with Crippen LogP contribution in [0, 0.1) is 0 Å². The van der Waals surface area contributed by atoms with Crippen LogP contribution >= 0.6 is 0 Å². The van der Waals surface area contributed by atoms with Gasteiger partial charge in [-0.3, -0.25) is 0 Å². The summed E-state index contributed by atoms with van der Waals surface area (Å²) in [7, 11) is 0. The summed E-state index contributed by atoms with van der Waals surface area (Å²) in [5.41, 5.74) is 12.3. The zero-order valence-electron chi connectivity index (χ0n) is 23.8. The lowest BCUT2D eigenvalue weighted by Crippen LogP contribution is -2.27. The van der Waals surface area contributed by atoms with E-state index in [1.54, 1.807) is 0 Å². The maximum atomic E-state index is 2.56. The molecule has 1 aliphatic heterocycles. The molecule has 0 bridgehead atoms. The number of nitrogens with zero attached hydrogens (tertiary/aromatic N) is 1. The van der Waals surface area contributed by atoms with Gasteiger partial charge in [0.2, 0.25) is 0 Å². The number of fused-ring (bicyclic) bond motifs is 9. The summed E-state index contributed by atoms with van der Waals surface area (Å²) < 4.78 is 2.56. The highest BCUT2D eigenvalue weighted by Crippen LogP contribution is 2.57. The fourth-order valence-corrected chi connectivity index (χ4v) is 8.65. The van der Waals surface area contributed by atoms with Crippen molar-refractivity contribution in [1.82, 2.24) is 4.57 Å². The molecule has 1 nitrogen and oxygen atoms in total. The topological polar surface area (TPSA) is 4.93 Å². The fourth-order valence-electron chi connectivity index (χ4n) is 8.65. The van der Waals surface area contributed by atoms with E-state index in [0.29, 0.717) is 0 Å². The van der Waals surface area contributed by atoms with Crippen molar-refractivity contribution in [3.63, 3.8) is 0 Å². The molecule has 194 valence electrons. The molecule has 0 unspecified atom stereocenters. The van der Waals surface area contributed by atoms with Gasteiger partial charge in [0.25, 0.3) is 0 Å². The summed E-state index contributed by atoms with van der Waals surface area (Å²) in [5, 5.41) is 10.9. The van der Waals surface area contributed by atoms with Crippen LogP contribution in [0.3, 0.4) is 0 Å². The Morgan fingerprint density at radius 1 is 0.488 bits per heavy atom. The van der Waals surface area contributed by atoms with Crippen molar-refractivity contribution >= 4 is 54.1 Å². The van der Waals surface area contributed by atoms with Gasteiger partial charge in [-0.25, -0.2) is 0 Å². The van der Waals surface area contributed by atoms with Gasteiger partial charge in [-0.05, 0) is 90.0 Å². The Balaban J connectivity index is 1.38. The van der Waals surface area contributed by atoms with Crippen LogP contribution in [-0.4, -0.2) is 4.57 Å². The summed E-state index contributed by atoms with van der Waals surface area (Å²) in [6.45, 7) is 9.68. The first-order valence-corrected chi connectivity index (χ1v) is 14.8. The standard InChI is InChI=1S/C40H29N/c1-39(2)29-13-8-12-26-25-11-5-6-14-33(25)41(38(26)29)34-21-30-28(20-31(34)39)37-27-18-17-23-10-7-9-22-15-16-24(36(27)35(22)23)19-32(37)40(30,3)4/h5-21H,1-4H3. The third-order valence-corrected chi connectivity index (χ3v) is 10.7. The summed E-state index contributed by atoms with van der Waals surface area (Å²) >= 11 is 0. The van der Waals surface area contributed by atoms with Gasteiger partial charge in [0.05, 0.1) is 16.7 Å². The molecule has 41 heavy (non-hydrogen) atoms. The second kappa shape index (κ2) is 6.81. The molecule has 7 aromatic carbocycles. The Bertz CT molecular complexity index is 2450. The SMILES string of the molecule is CC1(C)c2cc3c(cc2-c2c1cc1ccc4cccc5ccc2c1c45)C(C)(C)c1cccc2c4ccccc4n-3c12. The Kier molecular flexibility index (Phi) is 3.67. The number of para-hydroxylation sites is 2. The minimum absolute atomic E-state index is 0.104. The Labute approximate surface area is 239 Å².